The highest BCUT2D eigenvalue weighted by Gasteiger charge is 2.12. The third-order valence-corrected chi connectivity index (χ3v) is 2.75. The first-order valence-electron chi connectivity index (χ1n) is 4.35. The lowest BCUT2D eigenvalue weighted by molar-refractivity contribution is -0.119. The van der Waals surface area contributed by atoms with Gasteiger partial charge in [-0.2, -0.15) is 0 Å². The summed E-state index contributed by atoms with van der Waals surface area (Å²) in [5.74, 6) is -0.303. The normalized spacial score (nSPS) is 12.3. The maximum atomic E-state index is 11.1. The van der Waals surface area contributed by atoms with E-state index in [1.54, 1.807) is 18.2 Å². The van der Waals surface area contributed by atoms with Crippen molar-refractivity contribution in [2.24, 2.45) is 0 Å². The molecule has 0 aliphatic carbocycles. The van der Waals surface area contributed by atoms with Crippen molar-refractivity contribution >= 4 is 40.7 Å². The molecule has 2 nitrogen and oxygen atoms in total. The minimum atomic E-state index is -0.236. The van der Waals surface area contributed by atoms with Gasteiger partial charge in [-0.3, -0.25) is 4.79 Å². The van der Waals surface area contributed by atoms with Crippen molar-refractivity contribution < 1.29 is 4.79 Å². The quantitative estimate of drug-likeness (QED) is 0.835. The van der Waals surface area contributed by atoms with Crippen LogP contribution in [0.2, 0.25) is 10.0 Å². The maximum Gasteiger partial charge on any atom is 0.235 e. The van der Waals surface area contributed by atoms with E-state index in [9.17, 15) is 4.79 Å². The average molecular weight is 267 g/mol. The second-order valence-corrected chi connectivity index (χ2v) is 4.20. The first kappa shape index (κ1) is 12.6. The molecule has 0 bridgehead atoms. The molecule has 0 aromatic heterocycles. The molecule has 82 valence electrons. The second-order valence-electron chi connectivity index (χ2n) is 3.09. The minimum Gasteiger partial charge on any atom is -0.348 e. The van der Waals surface area contributed by atoms with E-state index in [0.29, 0.717) is 10.0 Å². The zero-order valence-corrected chi connectivity index (χ0v) is 10.3. The zero-order chi connectivity index (χ0) is 11.4. The molecule has 1 amide bonds. The molecule has 1 N–H and O–H groups in total. The number of carbonyl (C=O) groups is 1. The van der Waals surface area contributed by atoms with Gasteiger partial charge in [0, 0.05) is 10.0 Å². The molecule has 0 saturated carbocycles. The van der Waals surface area contributed by atoms with Gasteiger partial charge in [-0.1, -0.05) is 23.2 Å². The smallest absolute Gasteiger partial charge is 0.235 e. The van der Waals surface area contributed by atoms with Gasteiger partial charge < -0.3 is 5.32 Å². The summed E-state index contributed by atoms with van der Waals surface area (Å²) in [6, 6.07) is 4.91. The summed E-state index contributed by atoms with van der Waals surface area (Å²) >= 11 is 17.2. The number of alkyl halides is 1. The molecule has 1 aromatic rings. The highest BCUT2D eigenvalue weighted by molar-refractivity contribution is 6.33. The molecule has 5 heteroatoms. The van der Waals surface area contributed by atoms with Crippen LogP contribution in [0, 0.1) is 0 Å². The molecule has 1 aromatic carbocycles. The average Bonchev–Trinajstić information content (AvgIpc) is 2.21. The van der Waals surface area contributed by atoms with Crippen LogP contribution >= 0.6 is 34.8 Å². The Balaban J connectivity index is 2.85. The molecule has 15 heavy (non-hydrogen) atoms. The first-order valence-corrected chi connectivity index (χ1v) is 5.64. The van der Waals surface area contributed by atoms with Gasteiger partial charge >= 0.3 is 0 Å². The molecule has 1 atom stereocenters. The van der Waals surface area contributed by atoms with Crippen molar-refractivity contribution in [3.63, 3.8) is 0 Å². The fourth-order valence-corrected chi connectivity index (χ4v) is 1.74. The predicted octanol–water partition coefficient (Wildman–Crippen LogP) is 3.41. The van der Waals surface area contributed by atoms with Crippen molar-refractivity contribution in [2.75, 3.05) is 5.88 Å². The third-order valence-electron chi connectivity index (χ3n) is 1.92. The molecular formula is C10H10Cl3NO. The lowest BCUT2D eigenvalue weighted by atomic mass is 10.1. The number of rotatable bonds is 3. The summed E-state index contributed by atoms with van der Waals surface area (Å²) in [6.45, 7) is 1.82. The lowest BCUT2D eigenvalue weighted by Crippen LogP contribution is -2.27. The highest BCUT2D eigenvalue weighted by Crippen LogP contribution is 2.25. The predicted molar refractivity (Wildman–Crippen MR) is 63.7 cm³/mol. The van der Waals surface area contributed by atoms with Crippen molar-refractivity contribution in [2.45, 2.75) is 13.0 Å². The summed E-state index contributed by atoms with van der Waals surface area (Å²) in [5.41, 5.74) is 0.780. The van der Waals surface area contributed by atoms with Crippen LogP contribution in [0.3, 0.4) is 0 Å². The fraction of sp³-hybridized carbons (Fsp3) is 0.300. The molecule has 0 heterocycles. The zero-order valence-electron chi connectivity index (χ0n) is 8.06. The fourth-order valence-electron chi connectivity index (χ4n) is 1.20. The van der Waals surface area contributed by atoms with Crippen LogP contribution in [0.25, 0.3) is 0 Å². The van der Waals surface area contributed by atoms with Crippen LogP contribution in [0.4, 0.5) is 0 Å². The summed E-state index contributed by atoms with van der Waals surface area (Å²) < 4.78 is 0. The van der Waals surface area contributed by atoms with Crippen molar-refractivity contribution in [3.05, 3.63) is 33.8 Å². The Bertz CT molecular complexity index is 368. The van der Waals surface area contributed by atoms with Gasteiger partial charge in [-0.25, -0.2) is 0 Å². The molecule has 0 fully saturated rings. The van der Waals surface area contributed by atoms with E-state index >= 15 is 0 Å². The molecule has 0 radical (unpaired) electrons. The Morgan fingerprint density at radius 1 is 1.47 bits per heavy atom. The van der Waals surface area contributed by atoms with Crippen molar-refractivity contribution in [3.8, 4) is 0 Å². The summed E-state index contributed by atoms with van der Waals surface area (Å²) in [4.78, 5) is 11.1. The monoisotopic (exact) mass is 265 g/mol. The van der Waals surface area contributed by atoms with E-state index in [2.05, 4.69) is 5.32 Å². The number of amides is 1. The summed E-state index contributed by atoms with van der Waals surface area (Å²) in [7, 11) is 0. The van der Waals surface area contributed by atoms with E-state index in [4.69, 9.17) is 34.8 Å². The molecule has 0 saturated heterocycles. The minimum absolute atomic E-state index is 0.0669. The van der Waals surface area contributed by atoms with Gasteiger partial charge in [-0.05, 0) is 30.7 Å². The van der Waals surface area contributed by atoms with Gasteiger partial charge in [0.15, 0.2) is 0 Å². The van der Waals surface area contributed by atoms with Crippen LogP contribution in [0.15, 0.2) is 18.2 Å². The highest BCUT2D eigenvalue weighted by atomic mass is 35.5. The maximum absolute atomic E-state index is 11.1. The summed E-state index contributed by atoms with van der Waals surface area (Å²) in [5, 5.41) is 3.86. The number of hydrogen-bond donors (Lipinski definition) is 1. The van der Waals surface area contributed by atoms with E-state index < -0.39 is 0 Å². The largest absolute Gasteiger partial charge is 0.348 e. The van der Waals surface area contributed by atoms with Crippen LogP contribution in [-0.4, -0.2) is 11.8 Å². The molecular weight excluding hydrogens is 256 g/mol. The Morgan fingerprint density at radius 2 is 2.13 bits per heavy atom. The Morgan fingerprint density at radius 3 is 2.73 bits per heavy atom. The molecule has 0 aliphatic rings. The van der Waals surface area contributed by atoms with E-state index in [1.807, 2.05) is 6.92 Å². The van der Waals surface area contributed by atoms with Gasteiger partial charge in [0.1, 0.15) is 5.88 Å². The van der Waals surface area contributed by atoms with Crippen LogP contribution in [0.5, 0.6) is 0 Å². The Labute approximate surface area is 104 Å². The van der Waals surface area contributed by atoms with Gasteiger partial charge in [0.05, 0.1) is 6.04 Å². The summed E-state index contributed by atoms with van der Waals surface area (Å²) in [6.07, 6.45) is 0. The molecule has 0 unspecified atom stereocenters. The topological polar surface area (TPSA) is 29.1 Å². The van der Waals surface area contributed by atoms with Crippen LogP contribution < -0.4 is 5.32 Å². The van der Waals surface area contributed by atoms with E-state index in [1.165, 1.54) is 0 Å². The molecule has 0 aliphatic heterocycles. The van der Waals surface area contributed by atoms with Gasteiger partial charge in [-0.15, -0.1) is 11.6 Å². The third kappa shape index (κ3) is 3.56. The van der Waals surface area contributed by atoms with Crippen LogP contribution in [-0.2, 0) is 4.79 Å². The van der Waals surface area contributed by atoms with E-state index in [0.717, 1.165) is 5.56 Å². The Kier molecular flexibility index (Phi) is 4.71. The van der Waals surface area contributed by atoms with Crippen molar-refractivity contribution in [1.82, 2.24) is 5.32 Å². The Hall–Kier alpha value is -0.440. The second kappa shape index (κ2) is 5.59. The number of benzene rings is 1. The van der Waals surface area contributed by atoms with Gasteiger partial charge in [0.25, 0.3) is 0 Å². The number of nitrogens with one attached hydrogen (secondary N) is 1. The standard InChI is InChI=1S/C10H10Cl3NO/c1-6(14-10(15)5-11)8-4-7(12)2-3-9(8)13/h2-4,6H,5H2,1H3,(H,14,15)/t6-/m1/s1. The molecule has 1 rings (SSSR count). The SMILES string of the molecule is C[C@@H](NC(=O)CCl)c1cc(Cl)ccc1Cl. The number of halogens is 3. The molecule has 0 spiro atoms. The van der Waals surface area contributed by atoms with E-state index in [-0.39, 0.29) is 17.8 Å². The van der Waals surface area contributed by atoms with Crippen molar-refractivity contribution in [1.29, 1.82) is 0 Å². The van der Waals surface area contributed by atoms with Gasteiger partial charge in [0.2, 0.25) is 5.91 Å². The van der Waals surface area contributed by atoms with Crippen LogP contribution in [0.1, 0.15) is 18.5 Å². The number of carbonyl (C=O) groups excluding carboxylic acids is 1. The lowest BCUT2D eigenvalue weighted by Gasteiger charge is -2.15. The number of hydrogen-bond acceptors (Lipinski definition) is 1. The first-order chi connectivity index (χ1) is 7.04.